The molecule has 1 aliphatic rings. The molecule has 0 unspecified atom stereocenters. The molecule has 0 bridgehead atoms. The van der Waals surface area contributed by atoms with Gasteiger partial charge in [-0.25, -0.2) is 18.0 Å². The number of carbonyl (C=O) groups is 2. The monoisotopic (exact) mass is 354 g/mol. The molecule has 2 rings (SSSR count). The van der Waals surface area contributed by atoms with Gasteiger partial charge in [-0.15, -0.1) is 0 Å². The van der Waals surface area contributed by atoms with Gasteiger partial charge in [-0.1, -0.05) is 13.8 Å². The summed E-state index contributed by atoms with van der Waals surface area (Å²) in [6, 6.07) is 3.89. The second-order valence-corrected chi connectivity index (χ2v) is 7.82. The Morgan fingerprint density at radius 1 is 1.12 bits per heavy atom. The Balaban J connectivity index is 2.45. The molecule has 7 nitrogen and oxygen atoms in total. The molecule has 1 N–H and O–H groups in total. The number of rotatable bonds is 6. The van der Waals surface area contributed by atoms with Crippen molar-refractivity contribution in [2.45, 2.75) is 44.6 Å². The molecule has 1 heterocycles. The lowest BCUT2D eigenvalue weighted by molar-refractivity contribution is -0.121. The third-order valence-electron chi connectivity index (χ3n) is 4.09. The first kappa shape index (κ1) is 18.4. The number of hydrogen-bond acceptors (Lipinski definition) is 5. The fraction of sp³-hybridized carbons (Fsp3) is 0.500. The first-order chi connectivity index (χ1) is 11.2. The Morgan fingerprint density at radius 3 is 2.21 bits per heavy atom. The number of anilines is 1. The maximum atomic E-state index is 12.5. The molecule has 0 aliphatic carbocycles. The van der Waals surface area contributed by atoms with E-state index in [2.05, 4.69) is 4.72 Å². The molecule has 1 aromatic rings. The molecule has 1 aliphatic heterocycles. The lowest BCUT2D eigenvalue weighted by atomic mass is 10.1. The van der Waals surface area contributed by atoms with Crippen molar-refractivity contribution in [1.29, 1.82) is 0 Å². The van der Waals surface area contributed by atoms with E-state index in [1.54, 1.807) is 6.92 Å². The normalized spacial score (nSPS) is 16.8. The van der Waals surface area contributed by atoms with Crippen molar-refractivity contribution in [3.05, 3.63) is 18.2 Å². The molecule has 1 atom stereocenters. The Bertz CT molecular complexity index is 742. The predicted molar refractivity (Wildman–Crippen MR) is 89.3 cm³/mol. The molecule has 1 saturated heterocycles. The summed E-state index contributed by atoms with van der Waals surface area (Å²) in [6.07, 6.45) is 0.225. The number of amides is 2. The van der Waals surface area contributed by atoms with E-state index in [1.165, 1.54) is 25.3 Å². The first-order valence-electron chi connectivity index (χ1n) is 7.73. The molecule has 0 radical (unpaired) electrons. The largest absolute Gasteiger partial charge is 0.495 e. The minimum Gasteiger partial charge on any atom is -0.495 e. The summed E-state index contributed by atoms with van der Waals surface area (Å²) < 4.78 is 32.8. The summed E-state index contributed by atoms with van der Waals surface area (Å²) in [6.45, 7) is 5.60. The minimum absolute atomic E-state index is 0.0155. The van der Waals surface area contributed by atoms with Crippen molar-refractivity contribution >= 4 is 27.5 Å². The zero-order valence-corrected chi connectivity index (χ0v) is 15.0. The minimum atomic E-state index is -3.77. The van der Waals surface area contributed by atoms with Crippen molar-refractivity contribution in [3.63, 3.8) is 0 Å². The molecule has 2 amide bonds. The average molecular weight is 354 g/mol. The molecule has 132 valence electrons. The lowest BCUT2D eigenvalue weighted by Gasteiger charge is -2.20. The number of hydrogen-bond donors (Lipinski definition) is 1. The maximum Gasteiger partial charge on any atom is 0.240 e. The highest BCUT2D eigenvalue weighted by Crippen LogP contribution is 2.34. The second kappa shape index (κ2) is 6.90. The van der Waals surface area contributed by atoms with Crippen LogP contribution in [0.2, 0.25) is 0 Å². The van der Waals surface area contributed by atoms with Crippen molar-refractivity contribution in [1.82, 2.24) is 4.72 Å². The van der Waals surface area contributed by atoms with Crippen LogP contribution in [0.4, 0.5) is 5.69 Å². The SMILES string of the molecule is COc1ccc(S(=O)(=O)N[C@H](C)C(C)C)cc1N1C(=O)CCC1=O. The van der Waals surface area contributed by atoms with Crippen LogP contribution in [0, 0.1) is 5.92 Å². The molecule has 0 saturated carbocycles. The van der Waals surface area contributed by atoms with Crippen LogP contribution in [-0.4, -0.2) is 33.4 Å². The van der Waals surface area contributed by atoms with Gasteiger partial charge >= 0.3 is 0 Å². The molecule has 8 heteroatoms. The van der Waals surface area contributed by atoms with Gasteiger partial charge in [0, 0.05) is 18.9 Å². The van der Waals surface area contributed by atoms with Gasteiger partial charge < -0.3 is 4.74 Å². The van der Waals surface area contributed by atoms with Crippen LogP contribution in [-0.2, 0) is 19.6 Å². The third-order valence-corrected chi connectivity index (χ3v) is 5.65. The third kappa shape index (κ3) is 3.59. The van der Waals surface area contributed by atoms with Gasteiger partial charge in [-0.05, 0) is 31.0 Å². The van der Waals surface area contributed by atoms with E-state index in [1.807, 2.05) is 13.8 Å². The number of methoxy groups -OCH3 is 1. The van der Waals surface area contributed by atoms with Crippen LogP contribution >= 0.6 is 0 Å². The number of sulfonamides is 1. The van der Waals surface area contributed by atoms with E-state index in [-0.39, 0.29) is 52.9 Å². The summed E-state index contributed by atoms with van der Waals surface area (Å²) in [5, 5.41) is 0. The van der Waals surface area contributed by atoms with Crippen molar-refractivity contribution < 1.29 is 22.7 Å². The number of benzene rings is 1. The maximum absolute atomic E-state index is 12.5. The van der Waals surface area contributed by atoms with Gasteiger partial charge in [-0.3, -0.25) is 9.59 Å². The van der Waals surface area contributed by atoms with Crippen LogP contribution in [0.5, 0.6) is 5.75 Å². The smallest absolute Gasteiger partial charge is 0.240 e. The van der Waals surface area contributed by atoms with E-state index in [0.717, 1.165) is 4.90 Å². The number of imide groups is 1. The van der Waals surface area contributed by atoms with Crippen LogP contribution in [0.15, 0.2) is 23.1 Å². The molecule has 1 fully saturated rings. The zero-order chi connectivity index (χ0) is 18.1. The average Bonchev–Trinajstić information content (AvgIpc) is 2.85. The highest BCUT2D eigenvalue weighted by Gasteiger charge is 2.33. The Labute approximate surface area is 142 Å². The van der Waals surface area contributed by atoms with Gasteiger partial charge in [0.25, 0.3) is 0 Å². The van der Waals surface area contributed by atoms with Crippen molar-refractivity contribution in [3.8, 4) is 5.75 Å². The van der Waals surface area contributed by atoms with Crippen LogP contribution in [0.1, 0.15) is 33.6 Å². The highest BCUT2D eigenvalue weighted by molar-refractivity contribution is 7.89. The number of carbonyl (C=O) groups excluding carboxylic acids is 2. The van der Waals surface area contributed by atoms with Gasteiger partial charge in [0.15, 0.2) is 0 Å². The Morgan fingerprint density at radius 2 is 1.71 bits per heavy atom. The summed E-state index contributed by atoms with van der Waals surface area (Å²) in [5.74, 6) is -0.332. The zero-order valence-electron chi connectivity index (χ0n) is 14.2. The highest BCUT2D eigenvalue weighted by atomic mass is 32.2. The predicted octanol–water partition coefficient (Wildman–Crippen LogP) is 1.67. The molecule has 0 aromatic heterocycles. The molecular formula is C16H22N2O5S. The number of nitrogens with zero attached hydrogens (tertiary/aromatic N) is 1. The van der Waals surface area contributed by atoms with E-state index >= 15 is 0 Å². The van der Waals surface area contributed by atoms with Crippen LogP contribution in [0.3, 0.4) is 0 Å². The first-order valence-corrected chi connectivity index (χ1v) is 9.22. The summed E-state index contributed by atoms with van der Waals surface area (Å²) in [4.78, 5) is 24.9. The van der Waals surface area contributed by atoms with Crippen molar-refractivity contribution in [2.75, 3.05) is 12.0 Å². The fourth-order valence-electron chi connectivity index (χ4n) is 2.31. The van der Waals surface area contributed by atoms with Gasteiger partial charge in [0.2, 0.25) is 21.8 Å². The van der Waals surface area contributed by atoms with E-state index in [9.17, 15) is 18.0 Å². The van der Waals surface area contributed by atoms with Gasteiger partial charge in [-0.2, -0.15) is 0 Å². The summed E-state index contributed by atoms with van der Waals surface area (Å²) in [7, 11) is -2.37. The lowest BCUT2D eigenvalue weighted by Crippen LogP contribution is -2.36. The van der Waals surface area contributed by atoms with E-state index < -0.39 is 10.0 Å². The second-order valence-electron chi connectivity index (χ2n) is 6.11. The summed E-state index contributed by atoms with van der Waals surface area (Å²) >= 11 is 0. The van der Waals surface area contributed by atoms with E-state index in [4.69, 9.17) is 4.74 Å². The molecular weight excluding hydrogens is 332 g/mol. The molecule has 24 heavy (non-hydrogen) atoms. The fourth-order valence-corrected chi connectivity index (χ4v) is 3.72. The molecule has 1 aromatic carbocycles. The van der Waals surface area contributed by atoms with Gasteiger partial charge in [0.05, 0.1) is 17.7 Å². The molecule has 0 spiro atoms. The number of nitrogens with one attached hydrogen (secondary N) is 1. The Hall–Kier alpha value is -1.93. The Kier molecular flexibility index (Phi) is 5.29. The quantitative estimate of drug-likeness (QED) is 0.785. The number of ether oxygens (including phenoxy) is 1. The summed E-state index contributed by atoms with van der Waals surface area (Å²) in [5.41, 5.74) is 0.157. The topological polar surface area (TPSA) is 92.8 Å². The van der Waals surface area contributed by atoms with Crippen LogP contribution < -0.4 is 14.4 Å². The van der Waals surface area contributed by atoms with Crippen LogP contribution in [0.25, 0.3) is 0 Å². The van der Waals surface area contributed by atoms with E-state index in [0.29, 0.717) is 0 Å². The van der Waals surface area contributed by atoms with Crippen molar-refractivity contribution in [2.24, 2.45) is 5.92 Å². The van der Waals surface area contributed by atoms with Gasteiger partial charge in [0.1, 0.15) is 5.75 Å². The standard InChI is InChI=1S/C16H22N2O5S/c1-10(2)11(3)17-24(21,22)12-5-6-14(23-4)13(9-12)18-15(19)7-8-16(18)20/h5-6,9-11,17H,7-8H2,1-4H3/t11-/m1/s1.